The monoisotopic (exact) mass is 307 g/mol. The Balaban J connectivity index is 1.61. The largest absolute Gasteiger partial charge is 0.456 e. The van der Waals surface area contributed by atoms with Crippen molar-refractivity contribution < 1.29 is 18.7 Å². The molecule has 1 spiro atoms. The number of rotatable bonds is 4. The Bertz CT molecular complexity index is 516. The average Bonchev–Trinajstić information content (AvgIpc) is 3.12. The fourth-order valence-corrected chi connectivity index (χ4v) is 3.80. The van der Waals surface area contributed by atoms with Crippen LogP contribution in [0.5, 0.6) is 0 Å². The zero-order valence-corrected chi connectivity index (χ0v) is 13.5. The first kappa shape index (κ1) is 15.6. The van der Waals surface area contributed by atoms with Crippen LogP contribution in [0.2, 0.25) is 0 Å². The lowest BCUT2D eigenvalue weighted by Crippen LogP contribution is -2.49. The molecule has 1 amide bonds. The number of likely N-dealkylation sites (tertiary alicyclic amines) is 1. The van der Waals surface area contributed by atoms with Gasteiger partial charge in [0.25, 0.3) is 5.91 Å². The molecule has 0 aromatic carbocycles. The fraction of sp³-hybridized carbons (Fsp3) is 0.706. The highest BCUT2D eigenvalue weighted by atomic mass is 16.5. The van der Waals surface area contributed by atoms with Crippen molar-refractivity contribution in [1.29, 1.82) is 0 Å². The maximum Gasteiger partial charge on any atom is 0.289 e. The Morgan fingerprint density at radius 3 is 2.82 bits per heavy atom. The van der Waals surface area contributed by atoms with Gasteiger partial charge in [0, 0.05) is 33.4 Å². The second-order valence-corrected chi connectivity index (χ2v) is 6.38. The number of furan rings is 1. The van der Waals surface area contributed by atoms with E-state index >= 15 is 0 Å². The lowest BCUT2D eigenvalue weighted by Gasteiger charge is -2.42. The molecule has 5 heteroatoms. The van der Waals surface area contributed by atoms with E-state index < -0.39 is 0 Å². The first-order valence-electron chi connectivity index (χ1n) is 8.13. The molecule has 1 aromatic rings. The first-order valence-corrected chi connectivity index (χ1v) is 8.13. The van der Waals surface area contributed by atoms with E-state index in [0.29, 0.717) is 11.7 Å². The van der Waals surface area contributed by atoms with Gasteiger partial charge in [-0.1, -0.05) is 0 Å². The SMILES string of the molecule is COCC[C@H]1CCOC12CCN(C(=O)c1ccc(C)o1)CC2. The molecule has 2 aliphatic heterocycles. The second-order valence-electron chi connectivity index (χ2n) is 6.38. The summed E-state index contributed by atoms with van der Waals surface area (Å²) in [5, 5.41) is 0. The molecule has 0 saturated carbocycles. The van der Waals surface area contributed by atoms with Gasteiger partial charge in [-0.2, -0.15) is 0 Å². The minimum atomic E-state index is -0.0472. The minimum Gasteiger partial charge on any atom is -0.456 e. The molecular weight excluding hydrogens is 282 g/mol. The molecule has 0 aliphatic carbocycles. The third kappa shape index (κ3) is 2.92. The fourth-order valence-electron chi connectivity index (χ4n) is 3.80. The Morgan fingerprint density at radius 2 is 2.18 bits per heavy atom. The van der Waals surface area contributed by atoms with E-state index in [1.54, 1.807) is 13.2 Å². The highest BCUT2D eigenvalue weighted by molar-refractivity contribution is 5.91. The molecule has 2 fully saturated rings. The lowest BCUT2D eigenvalue weighted by molar-refractivity contribution is -0.0664. The molecule has 2 aliphatic rings. The molecule has 3 rings (SSSR count). The van der Waals surface area contributed by atoms with Crippen LogP contribution >= 0.6 is 0 Å². The molecule has 3 heterocycles. The van der Waals surface area contributed by atoms with Gasteiger partial charge in [0.1, 0.15) is 5.76 Å². The number of hydrogen-bond acceptors (Lipinski definition) is 4. The van der Waals surface area contributed by atoms with Crippen molar-refractivity contribution in [3.8, 4) is 0 Å². The average molecular weight is 307 g/mol. The predicted molar refractivity (Wildman–Crippen MR) is 81.9 cm³/mol. The van der Waals surface area contributed by atoms with Crippen molar-refractivity contribution in [2.24, 2.45) is 5.92 Å². The van der Waals surface area contributed by atoms with Gasteiger partial charge in [-0.3, -0.25) is 4.79 Å². The van der Waals surface area contributed by atoms with E-state index in [1.165, 1.54) is 0 Å². The standard InChI is InChI=1S/C17H25NO4/c1-13-3-4-15(22-13)16(19)18-9-7-17(8-10-18)14(5-11-20-2)6-12-21-17/h3-4,14H,5-12H2,1-2H3/t14-/m0/s1. The molecule has 0 bridgehead atoms. The summed E-state index contributed by atoms with van der Waals surface area (Å²) in [7, 11) is 1.75. The van der Waals surface area contributed by atoms with E-state index in [4.69, 9.17) is 13.9 Å². The Morgan fingerprint density at radius 1 is 1.41 bits per heavy atom. The number of nitrogens with zero attached hydrogens (tertiary/aromatic N) is 1. The van der Waals surface area contributed by atoms with E-state index in [-0.39, 0.29) is 11.5 Å². The summed E-state index contributed by atoms with van der Waals surface area (Å²) in [4.78, 5) is 14.3. The molecule has 1 aromatic heterocycles. The molecular formula is C17H25NO4. The summed E-state index contributed by atoms with van der Waals surface area (Å²) < 4.78 is 16.8. The van der Waals surface area contributed by atoms with E-state index in [1.807, 2.05) is 17.9 Å². The van der Waals surface area contributed by atoms with E-state index in [2.05, 4.69) is 0 Å². The van der Waals surface area contributed by atoms with Crippen molar-refractivity contribution in [3.05, 3.63) is 23.7 Å². The van der Waals surface area contributed by atoms with Crippen LogP contribution in [0.25, 0.3) is 0 Å². The van der Waals surface area contributed by atoms with Gasteiger partial charge in [-0.05, 0) is 50.7 Å². The van der Waals surface area contributed by atoms with Crippen molar-refractivity contribution >= 4 is 5.91 Å². The molecule has 0 unspecified atom stereocenters. The molecule has 0 radical (unpaired) electrons. The smallest absolute Gasteiger partial charge is 0.289 e. The van der Waals surface area contributed by atoms with E-state index in [9.17, 15) is 4.79 Å². The van der Waals surface area contributed by atoms with Gasteiger partial charge in [0.2, 0.25) is 0 Å². The Hall–Kier alpha value is -1.33. The number of hydrogen-bond donors (Lipinski definition) is 0. The maximum absolute atomic E-state index is 12.4. The van der Waals surface area contributed by atoms with Crippen LogP contribution in [-0.4, -0.2) is 49.8 Å². The first-order chi connectivity index (χ1) is 10.6. The van der Waals surface area contributed by atoms with Crippen LogP contribution in [0.15, 0.2) is 16.5 Å². The minimum absolute atomic E-state index is 0.00520. The quantitative estimate of drug-likeness (QED) is 0.858. The topological polar surface area (TPSA) is 51.9 Å². The summed E-state index contributed by atoms with van der Waals surface area (Å²) in [5.74, 6) is 1.76. The number of aryl methyl sites for hydroxylation is 1. The third-order valence-electron chi connectivity index (χ3n) is 5.12. The zero-order valence-electron chi connectivity index (χ0n) is 13.5. The van der Waals surface area contributed by atoms with Crippen LogP contribution in [0, 0.1) is 12.8 Å². The number of ether oxygens (including phenoxy) is 2. The van der Waals surface area contributed by atoms with Gasteiger partial charge in [-0.15, -0.1) is 0 Å². The second kappa shape index (κ2) is 6.42. The summed E-state index contributed by atoms with van der Waals surface area (Å²) >= 11 is 0. The predicted octanol–water partition coefficient (Wildman–Crippen LogP) is 2.64. The van der Waals surface area contributed by atoms with Crippen LogP contribution in [-0.2, 0) is 9.47 Å². The molecule has 0 N–H and O–H groups in total. The maximum atomic E-state index is 12.4. The highest BCUT2D eigenvalue weighted by Crippen LogP contribution is 2.42. The highest BCUT2D eigenvalue weighted by Gasteiger charge is 2.46. The Labute approximate surface area is 131 Å². The molecule has 122 valence electrons. The van der Waals surface area contributed by atoms with Crippen molar-refractivity contribution in [2.45, 2.75) is 38.2 Å². The number of amides is 1. The zero-order chi connectivity index (χ0) is 15.6. The number of piperidine rings is 1. The third-order valence-corrected chi connectivity index (χ3v) is 5.12. The van der Waals surface area contributed by atoms with Gasteiger partial charge in [0.05, 0.1) is 5.60 Å². The van der Waals surface area contributed by atoms with Crippen molar-refractivity contribution in [3.63, 3.8) is 0 Å². The van der Waals surface area contributed by atoms with Crippen LogP contribution in [0.4, 0.5) is 0 Å². The normalized spacial score (nSPS) is 24.1. The van der Waals surface area contributed by atoms with Gasteiger partial charge in [-0.25, -0.2) is 0 Å². The Kier molecular flexibility index (Phi) is 4.54. The molecule has 22 heavy (non-hydrogen) atoms. The van der Waals surface area contributed by atoms with Crippen molar-refractivity contribution in [2.75, 3.05) is 33.4 Å². The number of carbonyl (C=O) groups is 1. The van der Waals surface area contributed by atoms with Gasteiger partial charge in [0.15, 0.2) is 5.76 Å². The van der Waals surface area contributed by atoms with E-state index in [0.717, 1.165) is 57.7 Å². The van der Waals surface area contributed by atoms with Gasteiger partial charge < -0.3 is 18.8 Å². The molecule has 1 atom stereocenters. The number of carbonyl (C=O) groups excluding carboxylic acids is 1. The summed E-state index contributed by atoms with van der Waals surface area (Å²) in [5.41, 5.74) is -0.0472. The lowest BCUT2D eigenvalue weighted by atomic mass is 9.78. The number of methoxy groups -OCH3 is 1. The summed E-state index contributed by atoms with van der Waals surface area (Å²) in [6.07, 6.45) is 3.97. The van der Waals surface area contributed by atoms with Crippen molar-refractivity contribution in [1.82, 2.24) is 4.90 Å². The van der Waals surface area contributed by atoms with Crippen LogP contribution in [0.1, 0.15) is 42.0 Å². The van der Waals surface area contributed by atoms with Gasteiger partial charge >= 0.3 is 0 Å². The molecule has 5 nitrogen and oxygen atoms in total. The van der Waals surface area contributed by atoms with Crippen LogP contribution < -0.4 is 0 Å². The summed E-state index contributed by atoms with van der Waals surface area (Å²) in [6.45, 7) is 4.95. The van der Waals surface area contributed by atoms with Crippen LogP contribution in [0.3, 0.4) is 0 Å². The molecule has 2 saturated heterocycles. The summed E-state index contributed by atoms with van der Waals surface area (Å²) in [6, 6.07) is 3.59.